The quantitative estimate of drug-likeness (QED) is 0.670. The standard InChI is InChI=1S/C13H14N2O6/c14-11(16)4-2-8(13(18)19)15-12(17)7-1-3-9-10(5-7)21-6-20-9/h1,3,5,8H,2,4,6H2,(H2,14,16)(H,15,17)(H,18,19)/t8-/m1/s1. The third-order valence-electron chi connectivity index (χ3n) is 2.92. The Hall–Kier alpha value is -2.77. The minimum absolute atomic E-state index is 0.0685. The van der Waals surface area contributed by atoms with E-state index in [1.54, 1.807) is 6.07 Å². The van der Waals surface area contributed by atoms with E-state index in [1.807, 2.05) is 0 Å². The van der Waals surface area contributed by atoms with Gasteiger partial charge < -0.3 is 25.6 Å². The van der Waals surface area contributed by atoms with Gasteiger partial charge in [-0.1, -0.05) is 0 Å². The zero-order valence-electron chi connectivity index (χ0n) is 11.0. The molecule has 2 rings (SSSR count). The first-order chi connectivity index (χ1) is 9.97. The molecular formula is C13H14N2O6. The van der Waals surface area contributed by atoms with Crippen LogP contribution in [0.1, 0.15) is 23.2 Å². The van der Waals surface area contributed by atoms with Gasteiger partial charge in [0.15, 0.2) is 11.5 Å². The zero-order chi connectivity index (χ0) is 15.4. The summed E-state index contributed by atoms with van der Waals surface area (Å²) < 4.78 is 10.3. The number of nitrogens with one attached hydrogen (secondary N) is 1. The fraction of sp³-hybridized carbons (Fsp3) is 0.308. The van der Waals surface area contributed by atoms with E-state index in [1.165, 1.54) is 12.1 Å². The van der Waals surface area contributed by atoms with E-state index in [2.05, 4.69) is 5.32 Å². The van der Waals surface area contributed by atoms with Crippen molar-refractivity contribution in [2.75, 3.05) is 6.79 Å². The Morgan fingerprint density at radius 1 is 1.29 bits per heavy atom. The van der Waals surface area contributed by atoms with Gasteiger partial charge in [0.25, 0.3) is 5.91 Å². The third-order valence-corrected chi connectivity index (χ3v) is 2.92. The van der Waals surface area contributed by atoms with E-state index in [9.17, 15) is 14.4 Å². The average Bonchev–Trinajstić information content (AvgIpc) is 2.89. The highest BCUT2D eigenvalue weighted by Crippen LogP contribution is 2.32. The minimum Gasteiger partial charge on any atom is -0.480 e. The summed E-state index contributed by atoms with van der Waals surface area (Å²) in [5.41, 5.74) is 5.21. The van der Waals surface area contributed by atoms with Gasteiger partial charge in [0.2, 0.25) is 12.7 Å². The predicted octanol–water partition coefficient (Wildman–Crippen LogP) is -0.136. The second kappa shape index (κ2) is 6.12. The Morgan fingerprint density at radius 3 is 2.67 bits per heavy atom. The van der Waals surface area contributed by atoms with Crippen molar-refractivity contribution >= 4 is 17.8 Å². The molecule has 21 heavy (non-hydrogen) atoms. The van der Waals surface area contributed by atoms with Gasteiger partial charge in [-0.2, -0.15) is 0 Å². The molecule has 1 aliphatic heterocycles. The average molecular weight is 294 g/mol. The van der Waals surface area contributed by atoms with Crippen LogP contribution < -0.4 is 20.5 Å². The van der Waals surface area contributed by atoms with Crippen LogP contribution in [-0.2, 0) is 9.59 Å². The molecule has 2 amide bonds. The van der Waals surface area contributed by atoms with Crippen LogP contribution in [0.5, 0.6) is 11.5 Å². The number of carboxylic acid groups (broad SMARTS) is 1. The number of nitrogens with two attached hydrogens (primary N) is 1. The van der Waals surface area contributed by atoms with E-state index in [4.69, 9.17) is 20.3 Å². The van der Waals surface area contributed by atoms with Crippen molar-refractivity contribution in [3.8, 4) is 11.5 Å². The highest BCUT2D eigenvalue weighted by Gasteiger charge is 2.22. The van der Waals surface area contributed by atoms with E-state index in [0.29, 0.717) is 11.5 Å². The normalized spacial score (nSPS) is 13.5. The summed E-state index contributed by atoms with van der Waals surface area (Å²) >= 11 is 0. The number of rotatable bonds is 6. The Balaban J connectivity index is 2.04. The number of aliphatic carboxylic acids is 1. The summed E-state index contributed by atoms with van der Waals surface area (Å²) in [5, 5.41) is 11.4. The number of carbonyl (C=O) groups excluding carboxylic acids is 2. The molecule has 0 aliphatic carbocycles. The summed E-state index contributed by atoms with van der Waals surface area (Å²) in [7, 11) is 0. The largest absolute Gasteiger partial charge is 0.480 e. The second-order valence-corrected chi connectivity index (χ2v) is 4.44. The fourth-order valence-electron chi connectivity index (χ4n) is 1.82. The molecule has 0 radical (unpaired) electrons. The highest BCUT2D eigenvalue weighted by atomic mass is 16.7. The second-order valence-electron chi connectivity index (χ2n) is 4.44. The lowest BCUT2D eigenvalue weighted by Crippen LogP contribution is -2.41. The number of ether oxygens (including phenoxy) is 2. The molecule has 0 saturated heterocycles. The van der Waals surface area contributed by atoms with Crippen LogP contribution in [-0.4, -0.2) is 35.7 Å². The molecule has 0 bridgehead atoms. The molecule has 112 valence electrons. The predicted molar refractivity (Wildman–Crippen MR) is 69.9 cm³/mol. The Bertz CT molecular complexity index is 586. The molecule has 0 aromatic heterocycles. The van der Waals surface area contributed by atoms with E-state index >= 15 is 0 Å². The number of primary amides is 1. The number of benzene rings is 1. The molecule has 1 aromatic rings. The SMILES string of the molecule is NC(=O)CC[C@@H](NC(=O)c1ccc2c(c1)OCO2)C(=O)O. The van der Waals surface area contributed by atoms with Gasteiger partial charge >= 0.3 is 5.97 Å². The van der Waals surface area contributed by atoms with Crippen molar-refractivity contribution in [1.82, 2.24) is 5.32 Å². The third kappa shape index (κ3) is 3.62. The Kier molecular flexibility index (Phi) is 4.27. The molecule has 1 heterocycles. The minimum atomic E-state index is -1.23. The first-order valence-electron chi connectivity index (χ1n) is 6.19. The van der Waals surface area contributed by atoms with Crippen LogP contribution in [0, 0.1) is 0 Å². The molecule has 1 atom stereocenters. The van der Waals surface area contributed by atoms with Gasteiger partial charge in [0.1, 0.15) is 6.04 Å². The van der Waals surface area contributed by atoms with E-state index in [-0.39, 0.29) is 25.2 Å². The Morgan fingerprint density at radius 2 is 2.00 bits per heavy atom. The summed E-state index contributed by atoms with van der Waals surface area (Å²) in [6, 6.07) is 3.34. The molecule has 0 saturated carbocycles. The molecule has 0 spiro atoms. The molecule has 4 N–H and O–H groups in total. The first kappa shape index (κ1) is 14.6. The van der Waals surface area contributed by atoms with Crippen molar-refractivity contribution in [3.05, 3.63) is 23.8 Å². The summed E-state index contributed by atoms with van der Waals surface area (Å²) in [4.78, 5) is 33.8. The lowest BCUT2D eigenvalue weighted by molar-refractivity contribution is -0.139. The number of amides is 2. The number of carbonyl (C=O) groups is 3. The number of fused-ring (bicyclic) bond motifs is 1. The molecule has 8 nitrogen and oxygen atoms in total. The monoisotopic (exact) mass is 294 g/mol. The van der Waals surface area contributed by atoms with Crippen LogP contribution in [0.2, 0.25) is 0 Å². The first-order valence-corrected chi connectivity index (χ1v) is 6.19. The van der Waals surface area contributed by atoms with E-state index in [0.717, 1.165) is 0 Å². The zero-order valence-corrected chi connectivity index (χ0v) is 11.0. The van der Waals surface area contributed by atoms with Crippen molar-refractivity contribution in [2.45, 2.75) is 18.9 Å². The summed E-state index contributed by atoms with van der Waals surface area (Å²) in [6.07, 6.45) is -0.195. The molecule has 0 fully saturated rings. The van der Waals surface area contributed by atoms with Gasteiger partial charge in [-0.3, -0.25) is 9.59 Å². The highest BCUT2D eigenvalue weighted by molar-refractivity contribution is 5.97. The van der Waals surface area contributed by atoms with Gasteiger partial charge in [-0.25, -0.2) is 4.79 Å². The number of hydrogen-bond donors (Lipinski definition) is 3. The maximum Gasteiger partial charge on any atom is 0.326 e. The summed E-state index contributed by atoms with van der Waals surface area (Å²) in [6.45, 7) is 0.0801. The van der Waals surface area contributed by atoms with Crippen LogP contribution in [0.15, 0.2) is 18.2 Å². The molecule has 8 heteroatoms. The van der Waals surface area contributed by atoms with Crippen molar-refractivity contribution in [3.63, 3.8) is 0 Å². The summed E-state index contributed by atoms with van der Waals surface area (Å²) in [5.74, 6) is -1.49. The fourth-order valence-corrected chi connectivity index (χ4v) is 1.82. The van der Waals surface area contributed by atoms with Crippen LogP contribution in [0.25, 0.3) is 0 Å². The molecular weight excluding hydrogens is 280 g/mol. The lowest BCUT2D eigenvalue weighted by atomic mass is 10.1. The van der Waals surface area contributed by atoms with E-state index < -0.39 is 23.8 Å². The van der Waals surface area contributed by atoms with Crippen molar-refractivity contribution in [1.29, 1.82) is 0 Å². The van der Waals surface area contributed by atoms with Gasteiger partial charge in [-0.15, -0.1) is 0 Å². The van der Waals surface area contributed by atoms with Crippen LogP contribution >= 0.6 is 0 Å². The smallest absolute Gasteiger partial charge is 0.326 e. The van der Waals surface area contributed by atoms with Crippen LogP contribution in [0.4, 0.5) is 0 Å². The van der Waals surface area contributed by atoms with Gasteiger partial charge in [0.05, 0.1) is 0 Å². The van der Waals surface area contributed by atoms with Gasteiger partial charge in [0, 0.05) is 12.0 Å². The Labute approximate surface area is 119 Å². The molecule has 1 aliphatic rings. The topological polar surface area (TPSA) is 128 Å². The number of carboxylic acids is 1. The molecule has 1 aromatic carbocycles. The number of hydrogen-bond acceptors (Lipinski definition) is 5. The maximum atomic E-state index is 12.0. The molecule has 0 unspecified atom stereocenters. The van der Waals surface area contributed by atoms with Crippen LogP contribution in [0.3, 0.4) is 0 Å². The van der Waals surface area contributed by atoms with Crippen molar-refractivity contribution < 1.29 is 29.0 Å². The van der Waals surface area contributed by atoms with Gasteiger partial charge in [-0.05, 0) is 24.6 Å². The van der Waals surface area contributed by atoms with Crippen molar-refractivity contribution in [2.24, 2.45) is 5.73 Å². The maximum absolute atomic E-state index is 12.0. The lowest BCUT2D eigenvalue weighted by Gasteiger charge is -2.13.